The second kappa shape index (κ2) is 13.9. The third-order valence-corrected chi connectivity index (χ3v) is 10.3. The molecular formula is C32H35N7O6S2. The number of anilines is 4. The van der Waals surface area contributed by atoms with Crippen molar-refractivity contribution in [2.75, 3.05) is 67.9 Å². The van der Waals surface area contributed by atoms with Gasteiger partial charge in [-0.15, -0.1) is 0 Å². The first-order valence-corrected chi connectivity index (χ1v) is 17.6. The molecule has 3 N–H and O–H groups in total. The molecule has 0 bridgehead atoms. The Balaban J connectivity index is 1.11. The van der Waals surface area contributed by atoms with Gasteiger partial charge < -0.3 is 29.7 Å². The largest absolute Gasteiger partial charge is 0.495 e. The molecule has 246 valence electrons. The van der Waals surface area contributed by atoms with Crippen LogP contribution in [0.25, 0.3) is 21.1 Å². The van der Waals surface area contributed by atoms with Crippen LogP contribution in [0.2, 0.25) is 0 Å². The lowest BCUT2D eigenvalue weighted by Crippen LogP contribution is -2.40. The Morgan fingerprint density at radius 2 is 1.74 bits per heavy atom. The van der Waals surface area contributed by atoms with Gasteiger partial charge in [-0.1, -0.05) is 17.4 Å². The minimum Gasteiger partial charge on any atom is -0.495 e. The van der Waals surface area contributed by atoms with Crippen LogP contribution in [0.15, 0.2) is 54.9 Å². The van der Waals surface area contributed by atoms with E-state index in [1.54, 1.807) is 20.3 Å². The number of rotatable bonds is 11. The minimum atomic E-state index is -2.90. The fourth-order valence-corrected chi connectivity index (χ4v) is 7.42. The maximum atomic E-state index is 12.7. The summed E-state index contributed by atoms with van der Waals surface area (Å²) in [5, 5.41) is 10.2. The highest BCUT2D eigenvalue weighted by Gasteiger charge is 2.21. The fraction of sp³-hybridized carbons (Fsp3) is 0.312. The van der Waals surface area contributed by atoms with Crippen LogP contribution in [0.5, 0.6) is 17.2 Å². The molecule has 1 aliphatic rings. The highest BCUT2D eigenvalue weighted by molar-refractivity contribution is 7.91. The van der Waals surface area contributed by atoms with Crippen molar-refractivity contribution in [3.8, 4) is 17.2 Å². The third kappa shape index (κ3) is 7.81. The number of carbonyl (C=O) groups is 1. The summed E-state index contributed by atoms with van der Waals surface area (Å²) in [7, 11) is 0.242. The summed E-state index contributed by atoms with van der Waals surface area (Å²) in [5.41, 5.74) is 3.77. The third-order valence-electron chi connectivity index (χ3n) is 7.71. The number of fused-ring (bicyclic) bond motifs is 2. The second-order valence-corrected chi connectivity index (χ2v) is 14.4. The van der Waals surface area contributed by atoms with E-state index in [0.29, 0.717) is 59.1 Å². The van der Waals surface area contributed by atoms with E-state index in [1.165, 1.54) is 17.7 Å². The lowest BCUT2D eigenvalue weighted by Gasteiger charge is -2.26. The zero-order valence-corrected chi connectivity index (χ0v) is 27.8. The van der Waals surface area contributed by atoms with Gasteiger partial charge in [-0.2, -0.15) is 0 Å². The van der Waals surface area contributed by atoms with E-state index in [-0.39, 0.29) is 11.5 Å². The van der Waals surface area contributed by atoms with Crippen molar-refractivity contribution >= 4 is 70.6 Å². The number of hydrogen-bond acceptors (Lipinski definition) is 12. The molecule has 13 nitrogen and oxygen atoms in total. The number of benzene rings is 3. The standard InChI is InChI=1S/C32H35N7O6S2/c1-20-5-8-26(43-2)25(15-20)36-31(40)38-32-37-23-7-6-21(16-29(23)46-32)35-30-22-17-27(44-3)28(18-24(22)33-19-34-30)45-12-4-9-39-10-13-47(41,42)14-11-39/h5-8,15-19H,4,9-14H2,1-3H3,(H,33,34,35)(H2,36,37,38,40). The molecule has 1 aliphatic heterocycles. The fourth-order valence-electron chi connectivity index (χ4n) is 5.24. The van der Waals surface area contributed by atoms with E-state index in [9.17, 15) is 13.2 Å². The topological polar surface area (TPSA) is 157 Å². The van der Waals surface area contributed by atoms with Crippen LogP contribution in [0.4, 0.5) is 27.1 Å². The van der Waals surface area contributed by atoms with Crippen LogP contribution in [0.1, 0.15) is 12.0 Å². The summed E-state index contributed by atoms with van der Waals surface area (Å²) in [5.74, 6) is 2.70. The van der Waals surface area contributed by atoms with Crippen molar-refractivity contribution in [2.45, 2.75) is 13.3 Å². The molecule has 3 heterocycles. The molecule has 5 aromatic rings. The van der Waals surface area contributed by atoms with E-state index < -0.39 is 15.9 Å². The number of aryl methyl sites for hydroxylation is 1. The number of amides is 2. The van der Waals surface area contributed by atoms with Gasteiger partial charge in [0, 0.05) is 36.8 Å². The molecule has 15 heteroatoms. The van der Waals surface area contributed by atoms with E-state index in [0.717, 1.165) is 39.8 Å². The van der Waals surface area contributed by atoms with E-state index in [2.05, 4.69) is 35.8 Å². The molecule has 0 saturated carbocycles. The average Bonchev–Trinajstić information content (AvgIpc) is 3.45. The molecular weight excluding hydrogens is 643 g/mol. The van der Waals surface area contributed by atoms with Gasteiger partial charge in [0.1, 0.15) is 17.9 Å². The van der Waals surface area contributed by atoms with Crippen molar-refractivity contribution in [1.29, 1.82) is 0 Å². The van der Waals surface area contributed by atoms with Crippen molar-refractivity contribution in [1.82, 2.24) is 19.9 Å². The molecule has 2 amide bonds. The first kappa shape index (κ1) is 32.2. The summed E-state index contributed by atoms with van der Waals surface area (Å²) < 4.78 is 41.3. The lowest BCUT2D eigenvalue weighted by atomic mass is 10.2. The number of aromatic nitrogens is 3. The predicted octanol–water partition coefficient (Wildman–Crippen LogP) is 5.45. The Hall–Kier alpha value is -4.73. The molecule has 47 heavy (non-hydrogen) atoms. The van der Waals surface area contributed by atoms with E-state index >= 15 is 0 Å². The van der Waals surface area contributed by atoms with Gasteiger partial charge in [0.15, 0.2) is 26.5 Å². The number of nitrogens with one attached hydrogen (secondary N) is 3. The van der Waals surface area contributed by atoms with Gasteiger partial charge in [0.05, 0.1) is 53.8 Å². The predicted molar refractivity (Wildman–Crippen MR) is 185 cm³/mol. The SMILES string of the molecule is COc1ccc(C)cc1NC(=O)Nc1nc2ccc(Nc3ncnc4cc(OCCCN5CCS(=O)(=O)CC5)c(OC)cc34)cc2s1. The van der Waals surface area contributed by atoms with Gasteiger partial charge >= 0.3 is 6.03 Å². The van der Waals surface area contributed by atoms with Gasteiger partial charge in [-0.25, -0.2) is 28.2 Å². The van der Waals surface area contributed by atoms with Gasteiger partial charge in [0.2, 0.25) is 0 Å². The number of sulfone groups is 1. The number of methoxy groups -OCH3 is 2. The van der Waals surface area contributed by atoms with Crippen LogP contribution in [-0.2, 0) is 9.84 Å². The molecule has 0 radical (unpaired) electrons. The van der Waals surface area contributed by atoms with Gasteiger partial charge in [-0.3, -0.25) is 5.32 Å². The number of nitrogens with zero attached hydrogens (tertiary/aromatic N) is 4. The Kier molecular flexibility index (Phi) is 9.56. The van der Waals surface area contributed by atoms with Gasteiger partial charge in [0.25, 0.3) is 0 Å². The summed E-state index contributed by atoms with van der Waals surface area (Å²) in [6.45, 7) is 4.27. The quantitative estimate of drug-likeness (QED) is 0.153. The summed E-state index contributed by atoms with van der Waals surface area (Å²) in [6.07, 6.45) is 2.24. The monoisotopic (exact) mass is 677 g/mol. The Bertz CT molecular complexity index is 2020. The number of thiazole rings is 1. The summed E-state index contributed by atoms with van der Waals surface area (Å²) >= 11 is 1.35. The number of hydrogen-bond donors (Lipinski definition) is 3. The van der Waals surface area contributed by atoms with Crippen LogP contribution < -0.4 is 30.2 Å². The van der Waals surface area contributed by atoms with Gasteiger partial charge in [-0.05, 0) is 55.3 Å². The Labute approximate surface area is 276 Å². The van der Waals surface area contributed by atoms with E-state index in [4.69, 9.17) is 14.2 Å². The van der Waals surface area contributed by atoms with Crippen molar-refractivity contribution < 1.29 is 27.4 Å². The molecule has 2 aromatic heterocycles. The van der Waals surface area contributed by atoms with Crippen LogP contribution in [0, 0.1) is 6.92 Å². The zero-order chi connectivity index (χ0) is 33.0. The summed E-state index contributed by atoms with van der Waals surface area (Å²) in [4.78, 5) is 28.4. The zero-order valence-electron chi connectivity index (χ0n) is 26.2. The van der Waals surface area contributed by atoms with Crippen LogP contribution >= 0.6 is 11.3 Å². The van der Waals surface area contributed by atoms with E-state index in [1.807, 2.05) is 49.4 Å². The number of ether oxygens (including phenoxy) is 3. The highest BCUT2D eigenvalue weighted by Crippen LogP contribution is 2.36. The van der Waals surface area contributed by atoms with Crippen molar-refractivity contribution in [3.63, 3.8) is 0 Å². The molecule has 0 aliphatic carbocycles. The smallest absolute Gasteiger partial charge is 0.325 e. The highest BCUT2D eigenvalue weighted by atomic mass is 32.2. The van der Waals surface area contributed by atoms with Crippen molar-refractivity contribution in [3.05, 3.63) is 60.4 Å². The Morgan fingerprint density at radius 1 is 0.936 bits per heavy atom. The average molecular weight is 678 g/mol. The Morgan fingerprint density at radius 3 is 2.53 bits per heavy atom. The molecule has 3 aromatic carbocycles. The molecule has 0 atom stereocenters. The molecule has 6 rings (SSSR count). The first-order chi connectivity index (χ1) is 22.7. The van der Waals surface area contributed by atoms with Crippen LogP contribution in [-0.4, -0.2) is 86.3 Å². The maximum absolute atomic E-state index is 12.7. The first-order valence-electron chi connectivity index (χ1n) is 15.0. The van der Waals surface area contributed by atoms with Crippen molar-refractivity contribution in [2.24, 2.45) is 0 Å². The molecule has 1 fully saturated rings. The molecule has 0 spiro atoms. The van der Waals surface area contributed by atoms with Crippen LogP contribution in [0.3, 0.4) is 0 Å². The number of carbonyl (C=O) groups excluding carboxylic acids is 1. The normalized spacial score (nSPS) is 14.5. The summed E-state index contributed by atoms with van der Waals surface area (Å²) in [6, 6.07) is 14.5. The lowest BCUT2D eigenvalue weighted by molar-refractivity contribution is 0.240. The molecule has 1 saturated heterocycles. The number of urea groups is 1. The minimum absolute atomic E-state index is 0.211. The second-order valence-electron chi connectivity index (χ2n) is 11.0. The maximum Gasteiger partial charge on any atom is 0.325 e. The molecule has 0 unspecified atom stereocenters.